The van der Waals surface area contributed by atoms with E-state index in [-0.39, 0.29) is 18.1 Å². The number of rotatable bonds is 7. The fourth-order valence-electron chi connectivity index (χ4n) is 3.83. The number of sulfonamides is 1. The largest absolute Gasteiger partial charge is 0.376 e. The zero-order chi connectivity index (χ0) is 19.4. The van der Waals surface area contributed by atoms with Crippen LogP contribution in [0, 0.1) is 11.8 Å². The van der Waals surface area contributed by atoms with Crippen LogP contribution >= 0.6 is 0 Å². The lowest BCUT2D eigenvalue weighted by Gasteiger charge is -2.35. The Labute approximate surface area is 162 Å². The molecule has 0 bridgehead atoms. The minimum atomic E-state index is -3.10. The summed E-state index contributed by atoms with van der Waals surface area (Å²) >= 11 is 0. The highest BCUT2D eigenvalue weighted by Crippen LogP contribution is 2.24. The van der Waals surface area contributed by atoms with Crippen molar-refractivity contribution in [1.82, 2.24) is 14.3 Å². The summed E-state index contributed by atoms with van der Waals surface area (Å²) in [4.78, 5) is 8.86. The van der Waals surface area contributed by atoms with E-state index in [4.69, 9.17) is 4.74 Å². The van der Waals surface area contributed by atoms with Crippen molar-refractivity contribution >= 4 is 21.8 Å². The van der Waals surface area contributed by atoms with Crippen LogP contribution in [-0.2, 0) is 14.8 Å². The summed E-state index contributed by atoms with van der Waals surface area (Å²) in [7, 11) is -3.10. The van der Waals surface area contributed by atoms with Crippen LogP contribution in [-0.4, -0.2) is 67.3 Å². The Hall–Kier alpha value is -1.45. The van der Waals surface area contributed by atoms with Gasteiger partial charge in [-0.3, -0.25) is 0 Å². The van der Waals surface area contributed by atoms with Crippen molar-refractivity contribution in [3.05, 3.63) is 12.3 Å². The van der Waals surface area contributed by atoms with Crippen molar-refractivity contribution in [2.75, 3.05) is 43.1 Å². The summed E-state index contributed by atoms with van der Waals surface area (Å²) in [5.74, 6) is 2.08. The van der Waals surface area contributed by atoms with E-state index in [1.807, 2.05) is 6.07 Å². The smallest absolute Gasteiger partial charge is 0.224 e. The predicted octanol–water partition coefficient (Wildman–Crippen LogP) is 1.79. The molecule has 0 radical (unpaired) electrons. The van der Waals surface area contributed by atoms with Gasteiger partial charge < -0.3 is 15.4 Å². The maximum absolute atomic E-state index is 11.6. The van der Waals surface area contributed by atoms with Gasteiger partial charge in [-0.1, -0.05) is 13.8 Å². The number of hydrogen-bond donors (Lipinski definition) is 2. The molecule has 1 aromatic heterocycles. The van der Waals surface area contributed by atoms with Crippen molar-refractivity contribution in [3.8, 4) is 0 Å². The lowest BCUT2D eigenvalue weighted by Crippen LogP contribution is -2.43. The van der Waals surface area contributed by atoms with Gasteiger partial charge in [0.1, 0.15) is 5.82 Å². The Morgan fingerprint density at radius 3 is 2.89 bits per heavy atom. The van der Waals surface area contributed by atoms with E-state index in [0.717, 1.165) is 31.7 Å². The molecule has 2 saturated heterocycles. The minimum absolute atomic E-state index is 0.186. The van der Waals surface area contributed by atoms with E-state index in [0.29, 0.717) is 31.5 Å². The highest BCUT2D eigenvalue weighted by atomic mass is 32.2. The van der Waals surface area contributed by atoms with Crippen molar-refractivity contribution in [1.29, 1.82) is 0 Å². The predicted molar refractivity (Wildman–Crippen MR) is 106 cm³/mol. The lowest BCUT2D eigenvalue weighted by molar-refractivity contribution is -0.0203. The molecule has 2 fully saturated rings. The first-order valence-electron chi connectivity index (χ1n) is 9.73. The number of anilines is 2. The molecule has 2 aliphatic heterocycles. The molecule has 3 atom stereocenters. The van der Waals surface area contributed by atoms with Crippen LogP contribution in [0.2, 0.25) is 0 Å². The summed E-state index contributed by atoms with van der Waals surface area (Å²) in [6.45, 7) is 6.99. The summed E-state index contributed by atoms with van der Waals surface area (Å²) in [6.07, 6.45) is 6.16. The van der Waals surface area contributed by atoms with Crippen LogP contribution in [0.5, 0.6) is 0 Å². The molecule has 1 aromatic rings. The topological polar surface area (TPSA) is 96.5 Å². The summed E-state index contributed by atoms with van der Waals surface area (Å²) in [6, 6.07) is 2.12. The highest BCUT2D eigenvalue weighted by molar-refractivity contribution is 7.88. The maximum atomic E-state index is 11.6. The van der Waals surface area contributed by atoms with Crippen molar-refractivity contribution in [2.24, 2.45) is 11.8 Å². The van der Waals surface area contributed by atoms with Gasteiger partial charge in [0, 0.05) is 32.4 Å². The fraction of sp³-hybridized carbons (Fsp3) is 0.778. The molecular weight excluding hydrogens is 366 g/mol. The monoisotopic (exact) mass is 397 g/mol. The SMILES string of the molecule is CC(C)[C@@H]1OCCC[C@H]1Nc1ccnc(NC[C@H]2CCN(S(C)(=O)=O)C2)n1. The molecule has 3 rings (SSSR count). The average Bonchev–Trinajstić information content (AvgIpc) is 3.10. The van der Waals surface area contributed by atoms with Gasteiger partial charge in [-0.25, -0.2) is 17.7 Å². The third kappa shape index (κ3) is 5.52. The fourth-order valence-corrected chi connectivity index (χ4v) is 4.75. The van der Waals surface area contributed by atoms with Gasteiger partial charge in [0.25, 0.3) is 0 Å². The van der Waals surface area contributed by atoms with E-state index >= 15 is 0 Å². The molecule has 8 nitrogen and oxygen atoms in total. The van der Waals surface area contributed by atoms with Gasteiger partial charge >= 0.3 is 0 Å². The molecular formula is C18H31N5O3S. The number of aromatic nitrogens is 2. The second-order valence-corrected chi connectivity index (χ2v) is 9.88. The first kappa shape index (κ1) is 20.3. The van der Waals surface area contributed by atoms with E-state index in [1.165, 1.54) is 10.6 Å². The van der Waals surface area contributed by atoms with E-state index in [2.05, 4.69) is 34.4 Å². The molecule has 2 N–H and O–H groups in total. The van der Waals surface area contributed by atoms with Crippen molar-refractivity contribution < 1.29 is 13.2 Å². The summed E-state index contributed by atoms with van der Waals surface area (Å²) in [5, 5.41) is 6.76. The lowest BCUT2D eigenvalue weighted by atomic mass is 9.94. The van der Waals surface area contributed by atoms with Crippen molar-refractivity contribution in [2.45, 2.75) is 45.3 Å². The molecule has 3 heterocycles. The van der Waals surface area contributed by atoms with Gasteiger partial charge in [0.2, 0.25) is 16.0 Å². The normalized spacial score (nSPS) is 27.0. The Morgan fingerprint density at radius 2 is 2.19 bits per heavy atom. The number of nitrogens with zero attached hydrogens (tertiary/aromatic N) is 3. The van der Waals surface area contributed by atoms with Gasteiger partial charge in [-0.2, -0.15) is 4.98 Å². The molecule has 0 unspecified atom stereocenters. The average molecular weight is 398 g/mol. The molecule has 0 amide bonds. The second-order valence-electron chi connectivity index (χ2n) is 7.89. The first-order chi connectivity index (χ1) is 12.8. The molecule has 27 heavy (non-hydrogen) atoms. The zero-order valence-electron chi connectivity index (χ0n) is 16.4. The molecule has 0 aromatic carbocycles. The standard InChI is InChI=1S/C18H31N5O3S/c1-13(2)17-15(5-4-10-26-17)21-16-6-8-19-18(22-16)20-11-14-7-9-23(12-14)27(3,24)25/h6,8,13-15,17H,4-5,7,9-12H2,1-3H3,(H2,19,20,21,22)/t14-,15-,17+/m1/s1. The van der Waals surface area contributed by atoms with Crippen LogP contribution in [0.15, 0.2) is 12.3 Å². The molecule has 0 aliphatic carbocycles. The van der Waals surface area contributed by atoms with Crippen LogP contribution in [0.1, 0.15) is 33.1 Å². The molecule has 0 saturated carbocycles. The Morgan fingerprint density at radius 1 is 1.37 bits per heavy atom. The second kappa shape index (κ2) is 8.70. The number of nitrogens with one attached hydrogen (secondary N) is 2. The van der Waals surface area contributed by atoms with Gasteiger partial charge in [0.15, 0.2) is 0 Å². The Kier molecular flexibility index (Phi) is 6.54. The van der Waals surface area contributed by atoms with Crippen LogP contribution < -0.4 is 10.6 Å². The Balaban J connectivity index is 1.55. The molecule has 152 valence electrons. The minimum Gasteiger partial charge on any atom is -0.376 e. The molecule has 0 spiro atoms. The summed E-state index contributed by atoms with van der Waals surface area (Å²) in [5.41, 5.74) is 0. The molecule has 2 aliphatic rings. The van der Waals surface area contributed by atoms with Crippen LogP contribution in [0.4, 0.5) is 11.8 Å². The number of ether oxygens (including phenoxy) is 1. The van der Waals surface area contributed by atoms with Crippen molar-refractivity contribution in [3.63, 3.8) is 0 Å². The highest BCUT2D eigenvalue weighted by Gasteiger charge is 2.29. The third-order valence-electron chi connectivity index (χ3n) is 5.28. The Bertz CT molecular complexity index is 727. The van der Waals surface area contributed by atoms with E-state index in [9.17, 15) is 8.42 Å². The van der Waals surface area contributed by atoms with E-state index < -0.39 is 10.0 Å². The summed E-state index contributed by atoms with van der Waals surface area (Å²) < 4.78 is 30.7. The third-order valence-corrected chi connectivity index (χ3v) is 6.55. The van der Waals surface area contributed by atoms with Crippen LogP contribution in [0.3, 0.4) is 0 Å². The van der Waals surface area contributed by atoms with Gasteiger partial charge in [-0.05, 0) is 37.2 Å². The van der Waals surface area contributed by atoms with E-state index in [1.54, 1.807) is 6.20 Å². The van der Waals surface area contributed by atoms with Gasteiger partial charge in [-0.15, -0.1) is 0 Å². The number of hydrogen-bond acceptors (Lipinski definition) is 7. The first-order valence-corrected chi connectivity index (χ1v) is 11.6. The van der Waals surface area contributed by atoms with Gasteiger partial charge in [0.05, 0.1) is 18.4 Å². The van der Waals surface area contributed by atoms with Crippen LogP contribution in [0.25, 0.3) is 0 Å². The zero-order valence-corrected chi connectivity index (χ0v) is 17.2. The maximum Gasteiger partial charge on any atom is 0.224 e. The molecule has 9 heteroatoms. The quantitative estimate of drug-likeness (QED) is 0.724.